The molecular weight excluding hydrogens is 283 g/mol. The SMILES string of the molecule is O=C1CC(NC2CCS(=O)(=O)c3ccc(F)cc32)CN1. The number of carbonyl (C=O) groups is 1. The fourth-order valence-electron chi connectivity index (χ4n) is 2.79. The predicted molar refractivity (Wildman–Crippen MR) is 70.4 cm³/mol. The molecule has 5 nitrogen and oxygen atoms in total. The number of nitrogens with one attached hydrogen (secondary N) is 2. The summed E-state index contributed by atoms with van der Waals surface area (Å²) in [7, 11) is -3.33. The monoisotopic (exact) mass is 298 g/mol. The van der Waals surface area contributed by atoms with Crippen LogP contribution in [0, 0.1) is 5.82 Å². The van der Waals surface area contributed by atoms with E-state index in [1.54, 1.807) is 0 Å². The lowest BCUT2D eigenvalue weighted by Gasteiger charge is -2.28. The fraction of sp³-hybridized carbons (Fsp3) is 0.462. The predicted octanol–water partition coefficient (Wildman–Crippen LogP) is 0.522. The van der Waals surface area contributed by atoms with Gasteiger partial charge in [-0.15, -0.1) is 0 Å². The zero-order chi connectivity index (χ0) is 14.3. The summed E-state index contributed by atoms with van der Waals surface area (Å²) in [5.74, 6) is -0.434. The van der Waals surface area contributed by atoms with Gasteiger partial charge in [0.25, 0.3) is 0 Å². The lowest BCUT2D eigenvalue weighted by Crippen LogP contribution is -2.38. The van der Waals surface area contributed by atoms with Crippen LogP contribution in [0.2, 0.25) is 0 Å². The van der Waals surface area contributed by atoms with Gasteiger partial charge in [-0.3, -0.25) is 4.79 Å². The van der Waals surface area contributed by atoms with Crippen LogP contribution in [0.4, 0.5) is 4.39 Å². The van der Waals surface area contributed by atoms with Gasteiger partial charge < -0.3 is 10.6 Å². The first-order chi connectivity index (χ1) is 9.45. The zero-order valence-corrected chi connectivity index (χ0v) is 11.5. The third-order valence-corrected chi connectivity index (χ3v) is 5.59. The lowest BCUT2D eigenvalue weighted by molar-refractivity contribution is -0.119. The number of rotatable bonds is 2. The molecule has 3 rings (SSSR count). The maximum Gasteiger partial charge on any atom is 0.221 e. The Labute approximate surface area is 116 Å². The molecule has 2 heterocycles. The Kier molecular flexibility index (Phi) is 3.25. The van der Waals surface area contributed by atoms with Crippen molar-refractivity contribution in [3.8, 4) is 0 Å². The summed E-state index contributed by atoms with van der Waals surface area (Å²) in [6, 6.07) is 3.49. The largest absolute Gasteiger partial charge is 0.354 e. The molecule has 2 aliphatic heterocycles. The third-order valence-electron chi connectivity index (χ3n) is 3.77. The van der Waals surface area contributed by atoms with Gasteiger partial charge in [0.2, 0.25) is 5.91 Å². The Morgan fingerprint density at radius 1 is 1.35 bits per heavy atom. The highest BCUT2D eigenvalue weighted by Crippen LogP contribution is 2.33. The van der Waals surface area contributed by atoms with Crippen molar-refractivity contribution in [2.45, 2.75) is 29.8 Å². The van der Waals surface area contributed by atoms with Crippen LogP contribution < -0.4 is 10.6 Å². The molecule has 2 aliphatic rings. The molecule has 0 aliphatic carbocycles. The summed E-state index contributed by atoms with van der Waals surface area (Å²) < 4.78 is 37.4. The number of amides is 1. The van der Waals surface area contributed by atoms with Gasteiger partial charge >= 0.3 is 0 Å². The highest BCUT2D eigenvalue weighted by molar-refractivity contribution is 7.91. The molecule has 0 spiro atoms. The van der Waals surface area contributed by atoms with E-state index in [0.717, 1.165) is 0 Å². The van der Waals surface area contributed by atoms with Crippen molar-refractivity contribution in [3.05, 3.63) is 29.6 Å². The Morgan fingerprint density at radius 3 is 2.85 bits per heavy atom. The van der Waals surface area contributed by atoms with E-state index in [1.165, 1.54) is 18.2 Å². The molecule has 0 radical (unpaired) electrons. The van der Waals surface area contributed by atoms with Gasteiger partial charge in [-0.25, -0.2) is 12.8 Å². The van der Waals surface area contributed by atoms with Crippen molar-refractivity contribution >= 4 is 15.7 Å². The van der Waals surface area contributed by atoms with Crippen molar-refractivity contribution in [1.29, 1.82) is 0 Å². The van der Waals surface area contributed by atoms with Crippen LogP contribution in [0.15, 0.2) is 23.1 Å². The molecule has 2 unspecified atom stereocenters. The van der Waals surface area contributed by atoms with Gasteiger partial charge in [-0.1, -0.05) is 0 Å². The van der Waals surface area contributed by atoms with Crippen LogP contribution in [-0.4, -0.2) is 32.7 Å². The minimum atomic E-state index is -3.33. The van der Waals surface area contributed by atoms with Gasteiger partial charge in [0.15, 0.2) is 9.84 Å². The summed E-state index contributed by atoms with van der Waals surface area (Å²) in [4.78, 5) is 11.4. The number of benzene rings is 1. The Bertz CT molecular complexity index is 660. The molecule has 2 N–H and O–H groups in total. The Hall–Kier alpha value is -1.47. The summed E-state index contributed by atoms with van der Waals surface area (Å²) >= 11 is 0. The molecule has 20 heavy (non-hydrogen) atoms. The minimum absolute atomic E-state index is 0.0228. The summed E-state index contributed by atoms with van der Waals surface area (Å²) in [5, 5.41) is 5.97. The second kappa shape index (κ2) is 4.82. The third kappa shape index (κ3) is 2.43. The molecular formula is C13H15FN2O3S. The second-order valence-electron chi connectivity index (χ2n) is 5.21. The number of hydrogen-bond donors (Lipinski definition) is 2. The number of sulfone groups is 1. The molecule has 0 bridgehead atoms. The highest BCUT2D eigenvalue weighted by Gasteiger charge is 2.33. The fourth-order valence-corrected chi connectivity index (χ4v) is 4.40. The molecule has 0 saturated carbocycles. The van der Waals surface area contributed by atoms with E-state index in [2.05, 4.69) is 10.6 Å². The topological polar surface area (TPSA) is 75.3 Å². The molecule has 0 aromatic heterocycles. The second-order valence-corrected chi connectivity index (χ2v) is 7.29. The normalized spacial score (nSPS) is 27.9. The molecule has 1 fully saturated rings. The van der Waals surface area contributed by atoms with E-state index in [-0.39, 0.29) is 28.6 Å². The van der Waals surface area contributed by atoms with Gasteiger partial charge in [-0.2, -0.15) is 0 Å². The minimum Gasteiger partial charge on any atom is -0.354 e. The average Bonchev–Trinajstić information content (AvgIpc) is 2.78. The van der Waals surface area contributed by atoms with Crippen LogP contribution in [-0.2, 0) is 14.6 Å². The van der Waals surface area contributed by atoms with Gasteiger partial charge in [0.1, 0.15) is 5.82 Å². The maximum absolute atomic E-state index is 13.4. The first-order valence-corrected chi connectivity index (χ1v) is 8.16. The summed E-state index contributed by atoms with van der Waals surface area (Å²) in [6.45, 7) is 0.521. The van der Waals surface area contributed by atoms with Gasteiger partial charge in [-0.05, 0) is 30.2 Å². The molecule has 1 saturated heterocycles. The van der Waals surface area contributed by atoms with E-state index in [0.29, 0.717) is 24.9 Å². The van der Waals surface area contributed by atoms with Crippen molar-refractivity contribution in [2.75, 3.05) is 12.3 Å². The van der Waals surface area contributed by atoms with E-state index >= 15 is 0 Å². The first kappa shape index (κ1) is 13.5. The average molecular weight is 298 g/mol. The van der Waals surface area contributed by atoms with E-state index < -0.39 is 15.7 Å². The van der Waals surface area contributed by atoms with Crippen LogP contribution in [0.3, 0.4) is 0 Å². The van der Waals surface area contributed by atoms with Gasteiger partial charge in [0, 0.05) is 25.0 Å². The number of halogens is 1. The van der Waals surface area contributed by atoms with Crippen molar-refractivity contribution < 1.29 is 17.6 Å². The van der Waals surface area contributed by atoms with Crippen LogP contribution >= 0.6 is 0 Å². The van der Waals surface area contributed by atoms with Gasteiger partial charge in [0.05, 0.1) is 10.6 Å². The quantitative estimate of drug-likeness (QED) is 0.781. The van der Waals surface area contributed by atoms with Crippen molar-refractivity contribution in [2.24, 2.45) is 0 Å². The Morgan fingerprint density at radius 2 is 2.15 bits per heavy atom. The summed E-state index contributed by atoms with van der Waals surface area (Å²) in [6.07, 6.45) is 0.761. The lowest BCUT2D eigenvalue weighted by atomic mass is 10.0. The van der Waals surface area contributed by atoms with E-state index in [4.69, 9.17) is 0 Å². The van der Waals surface area contributed by atoms with Crippen LogP contribution in [0.5, 0.6) is 0 Å². The molecule has 1 aromatic rings. The Balaban J connectivity index is 1.91. The van der Waals surface area contributed by atoms with Crippen LogP contribution in [0.1, 0.15) is 24.4 Å². The summed E-state index contributed by atoms with van der Waals surface area (Å²) in [5.41, 5.74) is 0.468. The maximum atomic E-state index is 13.4. The van der Waals surface area contributed by atoms with Crippen molar-refractivity contribution in [1.82, 2.24) is 10.6 Å². The first-order valence-electron chi connectivity index (χ1n) is 6.51. The highest BCUT2D eigenvalue weighted by atomic mass is 32.2. The van der Waals surface area contributed by atoms with E-state index in [1.807, 2.05) is 0 Å². The molecule has 7 heteroatoms. The van der Waals surface area contributed by atoms with E-state index in [9.17, 15) is 17.6 Å². The van der Waals surface area contributed by atoms with Crippen molar-refractivity contribution in [3.63, 3.8) is 0 Å². The van der Waals surface area contributed by atoms with Crippen LogP contribution in [0.25, 0.3) is 0 Å². The molecule has 1 aromatic carbocycles. The number of carbonyl (C=O) groups excluding carboxylic acids is 1. The zero-order valence-electron chi connectivity index (χ0n) is 10.7. The molecule has 108 valence electrons. The molecule has 2 atom stereocenters. The standard InChI is InChI=1S/C13H15FN2O3S/c14-8-1-2-12-10(5-8)11(3-4-20(12,18)19)16-9-6-13(17)15-7-9/h1-2,5,9,11,16H,3-4,6-7H2,(H,15,17). The smallest absolute Gasteiger partial charge is 0.221 e. The number of hydrogen-bond acceptors (Lipinski definition) is 4. The molecule has 1 amide bonds. The number of fused-ring (bicyclic) bond motifs is 1.